The molecule has 0 amide bonds. The van der Waals surface area contributed by atoms with Gasteiger partial charge in [-0.25, -0.2) is 4.79 Å². The number of carbonyl (C=O) groups excluding carboxylic acids is 3. The fourth-order valence-corrected chi connectivity index (χ4v) is 8.69. The minimum Gasteiger partial charge on any atom is -0.466 e. The van der Waals surface area contributed by atoms with Gasteiger partial charge in [0.1, 0.15) is 12.7 Å². The van der Waals surface area contributed by atoms with Crippen LogP contribution in [0.1, 0.15) is 246 Å². The van der Waals surface area contributed by atoms with Crippen LogP contribution in [-0.4, -0.2) is 81.8 Å². The van der Waals surface area contributed by atoms with E-state index in [0.717, 1.165) is 116 Å². The van der Waals surface area contributed by atoms with Crippen molar-refractivity contribution in [2.24, 2.45) is 11.8 Å². The van der Waals surface area contributed by atoms with Gasteiger partial charge in [0.05, 0.1) is 25.9 Å². The molecule has 1 aliphatic rings. The van der Waals surface area contributed by atoms with Crippen molar-refractivity contribution < 1.29 is 38.1 Å². The lowest BCUT2D eigenvalue weighted by Gasteiger charge is -2.28. The van der Waals surface area contributed by atoms with Gasteiger partial charge < -0.3 is 28.6 Å². The molecule has 0 bridgehead atoms. The normalized spacial score (nSPS) is 13.7. The first-order chi connectivity index (χ1) is 29.8. The van der Waals surface area contributed by atoms with Gasteiger partial charge >= 0.3 is 18.1 Å². The first-order valence-corrected chi connectivity index (χ1v) is 26.3. The lowest BCUT2D eigenvalue weighted by Crippen LogP contribution is -2.34. The van der Waals surface area contributed by atoms with E-state index in [1.807, 2.05) is 0 Å². The number of piperidine rings is 1. The first-order valence-electron chi connectivity index (χ1n) is 26.3. The number of esters is 2. The van der Waals surface area contributed by atoms with Gasteiger partial charge in [-0.1, -0.05) is 169 Å². The number of rotatable bonds is 43. The summed E-state index contributed by atoms with van der Waals surface area (Å²) in [5.41, 5.74) is 0. The second-order valence-electron chi connectivity index (χ2n) is 18.6. The Labute approximate surface area is 376 Å². The molecule has 0 N–H and O–H groups in total. The molecule has 360 valence electrons. The Morgan fingerprint density at radius 1 is 0.459 bits per heavy atom. The number of hydrogen-bond donors (Lipinski definition) is 0. The standard InChI is InChI=1S/C52H99NO8/c1-6-10-20-28-46(29-21-11-7-2)38-42-58-50(54)34-26-18-14-16-24-32-49(61-52(56)60-45-44-57-48-36-40-53(5)41-37-48)33-25-17-15-19-27-35-51(55)59-43-39-47(30-22-12-8-3)31-23-13-9-4/h46-49H,6-45H2,1-5H3. The highest BCUT2D eigenvalue weighted by Crippen LogP contribution is 2.23. The molecule has 1 saturated heterocycles. The van der Waals surface area contributed by atoms with Gasteiger partial charge in [0, 0.05) is 25.9 Å². The van der Waals surface area contributed by atoms with Crippen LogP contribution in [0.5, 0.6) is 0 Å². The fourth-order valence-electron chi connectivity index (χ4n) is 8.69. The van der Waals surface area contributed by atoms with Crippen molar-refractivity contribution in [1.29, 1.82) is 0 Å². The van der Waals surface area contributed by atoms with Crippen molar-refractivity contribution in [2.75, 3.05) is 46.6 Å². The van der Waals surface area contributed by atoms with Crippen molar-refractivity contribution in [1.82, 2.24) is 4.90 Å². The number of likely N-dealkylation sites (tertiary alicyclic amines) is 1. The highest BCUT2D eigenvalue weighted by Gasteiger charge is 2.19. The first kappa shape index (κ1) is 57.1. The minimum absolute atomic E-state index is 0.0563. The maximum absolute atomic E-state index is 12.7. The second-order valence-corrected chi connectivity index (χ2v) is 18.6. The summed E-state index contributed by atoms with van der Waals surface area (Å²) >= 11 is 0. The summed E-state index contributed by atoms with van der Waals surface area (Å²) in [5.74, 6) is 1.25. The molecule has 0 aromatic rings. The maximum Gasteiger partial charge on any atom is 0.508 e. The zero-order valence-corrected chi connectivity index (χ0v) is 40.8. The van der Waals surface area contributed by atoms with E-state index in [9.17, 15) is 14.4 Å². The van der Waals surface area contributed by atoms with Crippen molar-refractivity contribution in [3.63, 3.8) is 0 Å². The number of hydrogen-bond acceptors (Lipinski definition) is 9. The monoisotopic (exact) mass is 866 g/mol. The van der Waals surface area contributed by atoms with Gasteiger partial charge in [-0.05, 0) is 83.1 Å². The Bertz CT molecular complexity index is 926. The van der Waals surface area contributed by atoms with Crippen LogP contribution < -0.4 is 0 Å². The van der Waals surface area contributed by atoms with Gasteiger partial charge in [0.2, 0.25) is 0 Å². The lowest BCUT2D eigenvalue weighted by atomic mass is 9.92. The molecule has 61 heavy (non-hydrogen) atoms. The zero-order chi connectivity index (χ0) is 44.4. The SMILES string of the molecule is CCCCCC(CCCCC)CCOC(=O)CCCCCCCC(CCCCCCCC(=O)OCCC(CCCCC)CCCCC)OC(=O)OCCOC1CCN(C)CC1. The summed E-state index contributed by atoms with van der Waals surface area (Å²) in [6.07, 6.45) is 36.3. The summed E-state index contributed by atoms with van der Waals surface area (Å²) in [5, 5.41) is 0. The van der Waals surface area contributed by atoms with E-state index in [1.165, 1.54) is 103 Å². The van der Waals surface area contributed by atoms with Crippen LogP contribution in [0.2, 0.25) is 0 Å². The Hall–Kier alpha value is -1.87. The molecule has 1 aliphatic heterocycles. The molecule has 0 atom stereocenters. The van der Waals surface area contributed by atoms with Crippen LogP contribution >= 0.6 is 0 Å². The largest absolute Gasteiger partial charge is 0.508 e. The minimum atomic E-state index is -0.601. The van der Waals surface area contributed by atoms with Crippen molar-refractivity contribution in [3.8, 4) is 0 Å². The van der Waals surface area contributed by atoms with Gasteiger partial charge in [-0.15, -0.1) is 0 Å². The Kier molecular flexibility index (Phi) is 39.4. The molecule has 9 nitrogen and oxygen atoms in total. The van der Waals surface area contributed by atoms with E-state index in [2.05, 4.69) is 39.6 Å². The van der Waals surface area contributed by atoms with Crippen LogP contribution in [0.3, 0.4) is 0 Å². The summed E-state index contributed by atoms with van der Waals surface area (Å²) in [6.45, 7) is 12.8. The van der Waals surface area contributed by atoms with Gasteiger partial charge in [0.25, 0.3) is 0 Å². The lowest BCUT2D eigenvalue weighted by molar-refractivity contribution is -0.145. The topological polar surface area (TPSA) is 101 Å². The molecule has 0 radical (unpaired) electrons. The highest BCUT2D eigenvalue weighted by molar-refractivity contribution is 5.69. The van der Waals surface area contributed by atoms with Gasteiger partial charge in [0.15, 0.2) is 0 Å². The van der Waals surface area contributed by atoms with E-state index in [4.69, 9.17) is 23.7 Å². The van der Waals surface area contributed by atoms with Crippen molar-refractivity contribution in [2.45, 2.75) is 258 Å². The van der Waals surface area contributed by atoms with E-state index in [-0.39, 0.29) is 30.8 Å². The van der Waals surface area contributed by atoms with Crippen LogP contribution in [-0.2, 0) is 33.3 Å². The molecular formula is C52H99NO8. The summed E-state index contributed by atoms with van der Waals surface area (Å²) in [6, 6.07) is 0. The maximum atomic E-state index is 12.7. The molecule has 0 saturated carbocycles. The molecule has 0 aromatic heterocycles. The molecule has 0 unspecified atom stereocenters. The molecule has 0 spiro atoms. The van der Waals surface area contributed by atoms with E-state index >= 15 is 0 Å². The van der Waals surface area contributed by atoms with Gasteiger partial charge in [-0.2, -0.15) is 0 Å². The van der Waals surface area contributed by atoms with E-state index < -0.39 is 6.16 Å². The zero-order valence-electron chi connectivity index (χ0n) is 40.8. The quantitative estimate of drug-likeness (QED) is 0.0337. The summed E-state index contributed by atoms with van der Waals surface area (Å²) in [7, 11) is 2.13. The molecular weight excluding hydrogens is 767 g/mol. The average molecular weight is 866 g/mol. The molecule has 1 rings (SSSR count). The summed E-state index contributed by atoms with van der Waals surface area (Å²) in [4.78, 5) is 39.9. The van der Waals surface area contributed by atoms with Crippen LogP contribution in [0, 0.1) is 11.8 Å². The third-order valence-electron chi connectivity index (χ3n) is 12.8. The fraction of sp³-hybridized carbons (Fsp3) is 0.942. The second kappa shape index (κ2) is 42.1. The molecule has 0 aliphatic carbocycles. The molecule has 9 heteroatoms. The number of nitrogens with zero attached hydrogens (tertiary/aromatic N) is 1. The van der Waals surface area contributed by atoms with Crippen LogP contribution in [0.4, 0.5) is 4.79 Å². The third-order valence-corrected chi connectivity index (χ3v) is 12.8. The van der Waals surface area contributed by atoms with Crippen molar-refractivity contribution >= 4 is 18.1 Å². The Balaban J connectivity index is 2.35. The summed E-state index contributed by atoms with van der Waals surface area (Å²) < 4.78 is 28.5. The van der Waals surface area contributed by atoms with Crippen molar-refractivity contribution in [3.05, 3.63) is 0 Å². The van der Waals surface area contributed by atoms with Crippen LogP contribution in [0.25, 0.3) is 0 Å². The number of ether oxygens (including phenoxy) is 5. The Morgan fingerprint density at radius 2 is 0.852 bits per heavy atom. The molecule has 0 aromatic carbocycles. The van der Waals surface area contributed by atoms with E-state index in [1.54, 1.807) is 0 Å². The highest BCUT2D eigenvalue weighted by atomic mass is 16.7. The number of unbranched alkanes of at least 4 members (excludes halogenated alkanes) is 16. The van der Waals surface area contributed by atoms with Crippen LogP contribution in [0.15, 0.2) is 0 Å². The van der Waals surface area contributed by atoms with E-state index in [0.29, 0.717) is 44.5 Å². The average Bonchev–Trinajstić information content (AvgIpc) is 3.25. The Morgan fingerprint density at radius 3 is 1.28 bits per heavy atom. The molecule has 1 fully saturated rings. The third kappa shape index (κ3) is 36.2. The smallest absolute Gasteiger partial charge is 0.466 e. The number of carbonyl (C=O) groups is 3. The molecule has 1 heterocycles. The van der Waals surface area contributed by atoms with Gasteiger partial charge in [-0.3, -0.25) is 9.59 Å². The predicted molar refractivity (Wildman–Crippen MR) is 252 cm³/mol. The predicted octanol–water partition coefficient (Wildman–Crippen LogP) is 14.5.